The van der Waals surface area contributed by atoms with E-state index in [0.717, 1.165) is 12.5 Å². The van der Waals surface area contributed by atoms with Crippen molar-refractivity contribution in [1.29, 1.82) is 0 Å². The highest BCUT2D eigenvalue weighted by Gasteiger charge is 2.34. The maximum Gasteiger partial charge on any atom is 0.280 e. The summed E-state index contributed by atoms with van der Waals surface area (Å²) < 4.78 is 36.0. The van der Waals surface area contributed by atoms with Crippen molar-refractivity contribution in [3.63, 3.8) is 0 Å². The number of hydrogen-bond acceptors (Lipinski definition) is 7. The molecule has 0 saturated heterocycles. The molecule has 11 heteroatoms. The fourth-order valence-electron chi connectivity index (χ4n) is 4.36. The Morgan fingerprint density at radius 1 is 1.31 bits per heavy atom. The van der Waals surface area contributed by atoms with Crippen LogP contribution in [0.4, 0.5) is 5.69 Å². The number of anilines is 1. The number of hydrogen-bond donors (Lipinski definition) is 2. The summed E-state index contributed by atoms with van der Waals surface area (Å²) >= 11 is 0. The lowest BCUT2D eigenvalue weighted by molar-refractivity contribution is 0.0344. The van der Waals surface area contributed by atoms with Crippen molar-refractivity contribution in [2.24, 2.45) is 18.9 Å². The highest BCUT2D eigenvalue weighted by atomic mass is 32.2. The molecule has 2 heterocycles. The number of aryl methyl sites for hydroxylation is 1. The molecule has 1 aromatic heterocycles. The van der Waals surface area contributed by atoms with Gasteiger partial charge in [-0.1, -0.05) is 6.92 Å². The van der Waals surface area contributed by atoms with Gasteiger partial charge in [-0.05, 0) is 50.9 Å². The predicted octanol–water partition coefficient (Wildman–Crippen LogP) is 1.78. The minimum atomic E-state index is -3.92. The third-order valence-corrected chi connectivity index (χ3v) is 7.90. The molecule has 1 aliphatic carbocycles. The molecule has 1 aliphatic heterocycles. The summed E-state index contributed by atoms with van der Waals surface area (Å²) in [4.78, 5) is 21.4. The largest absolute Gasteiger partial charge is 0.488 e. The zero-order valence-electron chi connectivity index (χ0n) is 20.7. The molecule has 1 saturated carbocycles. The zero-order chi connectivity index (χ0) is 25.3. The number of aromatic nitrogens is 2. The van der Waals surface area contributed by atoms with Gasteiger partial charge in [0.25, 0.3) is 15.9 Å². The molecule has 0 unspecified atom stereocenters. The van der Waals surface area contributed by atoms with Crippen LogP contribution in [0, 0.1) is 11.8 Å². The summed E-state index contributed by atoms with van der Waals surface area (Å²) in [6.45, 7) is 5.83. The van der Waals surface area contributed by atoms with Crippen molar-refractivity contribution in [1.82, 2.24) is 19.4 Å². The summed E-state index contributed by atoms with van der Waals surface area (Å²) in [6, 6.07) is 4.33. The van der Waals surface area contributed by atoms with Gasteiger partial charge in [-0.25, -0.2) is 4.98 Å². The normalized spacial score (nSPS) is 21.8. The van der Waals surface area contributed by atoms with Crippen molar-refractivity contribution in [3.05, 3.63) is 36.3 Å². The van der Waals surface area contributed by atoms with Gasteiger partial charge in [0.05, 0.1) is 24.5 Å². The Bertz CT molecular complexity index is 1160. The number of ether oxygens (including phenoxy) is 1. The van der Waals surface area contributed by atoms with E-state index in [1.807, 2.05) is 0 Å². The van der Waals surface area contributed by atoms with Crippen LogP contribution < -0.4 is 9.46 Å². The number of fused-ring (bicyclic) bond motifs is 1. The third kappa shape index (κ3) is 5.96. The molecule has 4 rings (SSSR count). The van der Waals surface area contributed by atoms with E-state index in [9.17, 15) is 18.3 Å². The first-order chi connectivity index (χ1) is 16.6. The number of likely N-dealkylation sites (N-methyl/N-ethyl adjacent to an activating group) is 1. The van der Waals surface area contributed by atoms with Crippen LogP contribution in [-0.4, -0.2) is 84.2 Å². The average Bonchev–Trinajstić information content (AvgIpc) is 3.50. The van der Waals surface area contributed by atoms with Gasteiger partial charge in [0.15, 0.2) is 5.03 Å². The molecule has 0 radical (unpaired) electrons. The highest BCUT2D eigenvalue weighted by molar-refractivity contribution is 7.92. The molecular weight excluding hydrogens is 470 g/mol. The van der Waals surface area contributed by atoms with Crippen molar-refractivity contribution in [3.8, 4) is 5.75 Å². The number of sulfonamides is 1. The van der Waals surface area contributed by atoms with E-state index in [0.29, 0.717) is 18.8 Å². The number of imidazole rings is 1. The molecule has 0 bridgehead atoms. The number of benzene rings is 1. The van der Waals surface area contributed by atoms with E-state index in [2.05, 4.69) is 28.6 Å². The topological polar surface area (TPSA) is 117 Å². The monoisotopic (exact) mass is 505 g/mol. The molecule has 1 fully saturated rings. The van der Waals surface area contributed by atoms with E-state index in [4.69, 9.17) is 4.74 Å². The smallest absolute Gasteiger partial charge is 0.280 e. The second kappa shape index (κ2) is 10.2. The maximum atomic E-state index is 13.5. The Hall–Kier alpha value is -2.63. The van der Waals surface area contributed by atoms with Gasteiger partial charge in [-0.2, -0.15) is 8.42 Å². The first-order valence-electron chi connectivity index (χ1n) is 12.0. The number of carbonyl (C=O) groups is 1. The second-order valence-electron chi connectivity index (χ2n) is 9.98. The minimum Gasteiger partial charge on any atom is -0.488 e. The number of carbonyl (C=O) groups excluding carboxylic acids is 1. The van der Waals surface area contributed by atoms with Gasteiger partial charge in [-0.15, -0.1) is 0 Å². The zero-order valence-corrected chi connectivity index (χ0v) is 21.5. The molecule has 2 N–H and O–H groups in total. The summed E-state index contributed by atoms with van der Waals surface area (Å²) in [6.07, 6.45) is 5.17. The lowest BCUT2D eigenvalue weighted by Crippen LogP contribution is -2.50. The lowest BCUT2D eigenvalue weighted by Gasteiger charge is -2.38. The summed E-state index contributed by atoms with van der Waals surface area (Å²) in [5.41, 5.74) is 0.493. The summed E-state index contributed by atoms with van der Waals surface area (Å²) in [7, 11) is -0.152. The molecule has 3 atom stereocenters. The Labute approximate surface area is 206 Å². The first-order valence-corrected chi connectivity index (χ1v) is 13.5. The van der Waals surface area contributed by atoms with Gasteiger partial charge < -0.3 is 24.2 Å². The number of aliphatic hydroxyl groups excluding tert-OH is 1. The molecule has 192 valence electrons. The molecule has 2 aromatic rings. The Morgan fingerprint density at radius 2 is 2.06 bits per heavy atom. The molecule has 1 aromatic carbocycles. The fourth-order valence-corrected chi connectivity index (χ4v) is 5.39. The molecule has 35 heavy (non-hydrogen) atoms. The predicted molar refractivity (Wildman–Crippen MR) is 132 cm³/mol. The number of aliphatic hydroxyl groups is 1. The Morgan fingerprint density at radius 3 is 2.69 bits per heavy atom. The van der Waals surface area contributed by atoms with Crippen LogP contribution in [0.15, 0.2) is 35.7 Å². The maximum absolute atomic E-state index is 13.5. The quantitative estimate of drug-likeness (QED) is 0.534. The van der Waals surface area contributed by atoms with E-state index in [1.54, 1.807) is 35.6 Å². The second-order valence-corrected chi connectivity index (χ2v) is 11.6. The number of amides is 1. The van der Waals surface area contributed by atoms with Crippen LogP contribution >= 0.6 is 0 Å². The van der Waals surface area contributed by atoms with Crippen LogP contribution in [0.5, 0.6) is 5.75 Å². The highest BCUT2D eigenvalue weighted by Crippen LogP contribution is 2.32. The molecule has 0 spiro atoms. The first kappa shape index (κ1) is 25.5. The molecule has 2 aliphatic rings. The van der Waals surface area contributed by atoms with Crippen LogP contribution in [0.1, 0.15) is 37.0 Å². The number of nitrogens with zero attached hydrogens (tertiary/aromatic N) is 4. The van der Waals surface area contributed by atoms with E-state index in [1.165, 1.54) is 31.4 Å². The van der Waals surface area contributed by atoms with Gasteiger partial charge in [-0.3, -0.25) is 9.52 Å². The Kier molecular flexibility index (Phi) is 7.39. The van der Waals surface area contributed by atoms with Gasteiger partial charge in [0, 0.05) is 44.5 Å². The van der Waals surface area contributed by atoms with E-state index in [-0.39, 0.29) is 40.8 Å². The SMILES string of the molecule is C[C@H](CO)N1C[C@H](C)[C@@H](CN(C)CC2CC2)Oc2ccc(NS(=O)(=O)c3cn(C)cn3)cc2C1=O. The van der Waals surface area contributed by atoms with Crippen molar-refractivity contribution in [2.75, 3.05) is 38.0 Å². The van der Waals surface area contributed by atoms with Crippen molar-refractivity contribution in [2.45, 2.75) is 43.9 Å². The fraction of sp³-hybridized carbons (Fsp3) is 0.583. The Balaban J connectivity index is 1.64. The van der Waals surface area contributed by atoms with Gasteiger partial charge in [0.2, 0.25) is 0 Å². The lowest BCUT2D eigenvalue weighted by atomic mass is 9.99. The number of nitrogens with one attached hydrogen (secondary N) is 1. The van der Waals surface area contributed by atoms with E-state index >= 15 is 0 Å². The molecule has 10 nitrogen and oxygen atoms in total. The van der Waals surface area contributed by atoms with E-state index < -0.39 is 16.1 Å². The third-order valence-electron chi connectivity index (χ3n) is 6.63. The molecule has 1 amide bonds. The summed E-state index contributed by atoms with van der Waals surface area (Å²) in [5, 5.41) is 9.71. The van der Waals surface area contributed by atoms with Crippen LogP contribution in [0.25, 0.3) is 0 Å². The van der Waals surface area contributed by atoms with Crippen LogP contribution in [-0.2, 0) is 17.1 Å². The van der Waals surface area contributed by atoms with Crippen molar-refractivity contribution < 1.29 is 23.1 Å². The number of rotatable bonds is 9. The summed E-state index contributed by atoms with van der Waals surface area (Å²) in [5.74, 6) is 0.878. The molecular formula is C24H35N5O5S. The van der Waals surface area contributed by atoms with Gasteiger partial charge in [0.1, 0.15) is 11.9 Å². The van der Waals surface area contributed by atoms with Crippen LogP contribution in [0.2, 0.25) is 0 Å². The van der Waals surface area contributed by atoms with Crippen molar-refractivity contribution >= 4 is 21.6 Å². The minimum absolute atomic E-state index is 0.0325. The standard InChI is InChI=1S/C24H35N5O5S/c1-16-10-29(17(2)14-30)24(31)20-9-19(26-35(32,33)23-13-28(4)15-25-23)7-8-21(20)34-22(16)12-27(3)11-18-5-6-18/h7-9,13,15-18,22,26,30H,5-6,10-12,14H2,1-4H3/t16-,17+,22+/m0/s1. The van der Waals surface area contributed by atoms with Gasteiger partial charge >= 0.3 is 0 Å². The van der Waals surface area contributed by atoms with Crippen LogP contribution in [0.3, 0.4) is 0 Å². The average molecular weight is 506 g/mol.